The SMILES string of the molecule is BrOBr.[BiH3].[Co]. The van der Waals surface area contributed by atoms with Gasteiger partial charge in [-0.2, -0.15) is 0 Å². The minimum absolute atomic E-state index is 0. The van der Waals surface area contributed by atoms with Crippen molar-refractivity contribution >= 4 is 58.7 Å². The summed E-state index contributed by atoms with van der Waals surface area (Å²) in [5, 5.41) is 0. The molecular weight excluding hydrogens is 444 g/mol. The number of halogens is 2. The van der Waals surface area contributed by atoms with E-state index in [9.17, 15) is 0 Å². The van der Waals surface area contributed by atoms with Crippen LogP contribution in [0.15, 0.2) is 0 Å². The molecule has 0 rings (SSSR count). The Kier molecular flexibility index (Phi) is 50.9. The Labute approximate surface area is 77.4 Å². The molecule has 0 N–H and O–H groups in total. The van der Waals surface area contributed by atoms with Crippen LogP contribution in [0, 0.1) is 0 Å². The molecule has 0 aromatic heterocycles. The van der Waals surface area contributed by atoms with Crippen LogP contribution in [0.5, 0.6) is 0 Å². The van der Waals surface area contributed by atoms with Crippen molar-refractivity contribution in [2.75, 3.05) is 0 Å². The molecule has 0 saturated carbocycles. The van der Waals surface area contributed by atoms with Gasteiger partial charge in [-0.25, -0.2) is 2.92 Å². The quantitative estimate of drug-likeness (QED) is 0.491. The Morgan fingerprint density at radius 2 is 1.20 bits per heavy atom. The third kappa shape index (κ3) is 22.0. The minimum Gasteiger partial charge on any atom is 0 e. The second-order valence-corrected chi connectivity index (χ2v) is 1.57. The average Bonchev–Trinajstić information content (AvgIpc) is 0.918. The van der Waals surface area contributed by atoms with Gasteiger partial charge in [-0.15, -0.1) is 0 Å². The summed E-state index contributed by atoms with van der Waals surface area (Å²) in [7, 11) is 0. The van der Waals surface area contributed by atoms with Crippen molar-refractivity contribution in [2.45, 2.75) is 0 Å². The van der Waals surface area contributed by atoms with Crippen molar-refractivity contribution in [2.24, 2.45) is 0 Å². The Balaban J connectivity index is -0.0000000200. The predicted octanol–water partition coefficient (Wildman–Crippen LogP) is 0.436. The number of hydrogen-bond donors (Lipinski definition) is 0. The van der Waals surface area contributed by atoms with Gasteiger partial charge in [0.05, 0.1) is 0 Å². The Bertz CT molecular complexity index is 9.61. The van der Waals surface area contributed by atoms with Crippen molar-refractivity contribution in [3.05, 3.63) is 0 Å². The normalized spacial score (nSPS) is 3.60. The van der Waals surface area contributed by atoms with E-state index in [1.165, 1.54) is 0 Å². The third-order valence-electron chi connectivity index (χ3n) is 0. The van der Waals surface area contributed by atoms with Gasteiger partial charge in [-0.1, -0.05) is 0 Å². The topological polar surface area (TPSA) is 9.23 Å². The van der Waals surface area contributed by atoms with Crippen LogP contribution < -0.4 is 0 Å². The number of rotatable bonds is 0. The van der Waals surface area contributed by atoms with E-state index in [4.69, 9.17) is 0 Å². The smallest absolute Gasteiger partial charge is 0 e. The molecule has 0 spiro atoms. The molecule has 0 aromatic rings. The molecule has 0 aromatic carbocycles. The molecule has 0 fully saturated rings. The zero-order valence-electron chi connectivity index (χ0n) is 2.20. The molecule has 0 bridgehead atoms. The maximum absolute atomic E-state index is 3.88. The summed E-state index contributed by atoms with van der Waals surface area (Å²) >= 11 is 5.12. The molecule has 37 valence electrons. The van der Waals surface area contributed by atoms with Gasteiger partial charge in [0.15, 0.2) is 0 Å². The van der Waals surface area contributed by atoms with E-state index in [-0.39, 0.29) is 43.0 Å². The molecule has 0 atom stereocenters. The molecule has 0 aliphatic heterocycles. The van der Waals surface area contributed by atoms with Crippen LogP contribution in [0.1, 0.15) is 0 Å². The molecule has 0 aliphatic carbocycles. The van der Waals surface area contributed by atoms with E-state index in [1.807, 2.05) is 0 Å². The van der Waals surface area contributed by atoms with Crippen LogP contribution in [0.25, 0.3) is 0 Å². The summed E-state index contributed by atoms with van der Waals surface area (Å²) in [6.45, 7) is 0. The summed E-state index contributed by atoms with van der Waals surface area (Å²) in [5.74, 6) is 0. The van der Waals surface area contributed by atoms with E-state index in [1.54, 1.807) is 0 Å². The molecule has 0 heterocycles. The fourth-order valence-corrected chi connectivity index (χ4v) is 0. The fourth-order valence-electron chi connectivity index (χ4n) is 0. The minimum atomic E-state index is 0. The van der Waals surface area contributed by atoms with Gasteiger partial charge in [-0.05, 0) is 0 Å². The molecule has 0 amide bonds. The zero-order valence-corrected chi connectivity index (χ0v) is 11.9. The van der Waals surface area contributed by atoms with Crippen molar-refractivity contribution in [1.29, 1.82) is 0 Å². The molecule has 5 heavy (non-hydrogen) atoms. The van der Waals surface area contributed by atoms with Gasteiger partial charge in [0.25, 0.3) is 0 Å². The standard InChI is InChI=1S/Bi.Br2O.Co.3H/c;1-3-2;;;;. The van der Waals surface area contributed by atoms with Gasteiger partial charge in [0.2, 0.25) is 0 Å². The van der Waals surface area contributed by atoms with Crippen LogP contribution in [-0.4, -0.2) is 26.2 Å². The van der Waals surface area contributed by atoms with Gasteiger partial charge in [-0.3, -0.25) is 0 Å². The Morgan fingerprint density at radius 3 is 1.20 bits per heavy atom. The first-order chi connectivity index (χ1) is 1.41. The summed E-state index contributed by atoms with van der Waals surface area (Å²) in [5.41, 5.74) is 0. The molecule has 0 saturated heterocycles. The molecule has 0 aliphatic rings. The second kappa shape index (κ2) is 16.2. The summed E-state index contributed by atoms with van der Waals surface area (Å²) < 4.78 is 3.88. The van der Waals surface area contributed by atoms with E-state index >= 15 is 0 Å². The summed E-state index contributed by atoms with van der Waals surface area (Å²) in [6.07, 6.45) is 0. The van der Waals surface area contributed by atoms with Crippen molar-refractivity contribution < 1.29 is 19.7 Å². The van der Waals surface area contributed by atoms with Crippen molar-refractivity contribution in [1.82, 2.24) is 0 Å². The van der Waals surface area contributed by atoms with Crippen molar-refractivity contribution in [3.8, 4) is 0 Å². The first-order valence-corrected chi connectivity index (χ1v) is 1.60. The molecule has 1 radical (unpaired) electrons. The molecule has 1 nitrogen and oxygen atoms in total. The van der Waals surface area contributed by atoms with E-state index in [2.05, 4.69) is 35.4 Å². The Hall–Kier alpha value is 2.31. The summed E-state index contributed by atoms with van der Waals surface area (Å²) in [4.78, 5) is 0. The van der Waals surface area contributed by atoms with E-state index in [0.29, 0.717) is 0 Å². The van der Waals surface area contributed by atoms with Gasteiger partial charge in [0.1, 0.15) is 32.5 Å². The average molecular weight is 447 g/mol. The van der Waals surface area contributed by atoms with Gasteiger partial charge in [0, 0.05) is 16.8 Å². The molecule has 0 unspecified atom stereocenters. The van der Waals surface area contributed by atoms with E-state index < -0.39 is 0 Å². The maximum atomic E-state index is 3.88. The first-order valence-electron chi connectivity index (χ1n) is 0.309. The molecular formula is H3BiBr2CoO. The predicted molar refractivity (Wildman–Crippen MR) is 28.9 cm³/mol. The fraction of sp³-hybridized carbons (Fsp3) is 0. The maximum Gasteiger partial charge on any atom is 0 e. The first kappa shape index (κ1) is 15.7. The second-order valence-electron chi connectivity index (χ2n) is 0.0583. The zero-order chi connectivity index (χ0) is 2.71. The molecule has 5 heteroatoms. The van der Waals surface area contributed by atoms with Gasteiger partial charge < -0.3 is 0 Å². The third-order valence-corrected chi connectivity index (χ3v) is 0. The number of hydrogen-bond acceptors (Lipinski definition) is 1. The van der Waals surface area contributed by atoms with Crippen LogP contribution >= 0.6 is 32.5 Å². The van der Waals surface area contributed by atoms with Crippen molar-refractivity contribution in [3.63, 3.8) is 0 Å². The van der Waals surface area contributed by atoms with Crippen LogP contribution in [-0.2, 0) is 19.7 Å². The van der Waals surface area contributed by atoms with E-state index in [0.717, 1.165) is 0 Å². The Morgan fingerprint density at radius 1 is 1.20 bits per heavy atom. The largest absolute Gasteiger partial charge is 0 e. The van der Waals surface area contributed by atoms with Crippen LogP contribution in [0.4, 0.5) is 0 Å². The summed E-state index contributed by atoms with van der Waals surface area (Å²) in [6, 6.07) is 0. The van der Waals surface area contributed by atoms with Crippen LogP contribution in [0.2, 0.25) is 0 Å². The van der Waals surface area contributed by atoms with Gasteiger partial charge >= 0.3 is 26.2 Å². The monoisotopic (exact) mass is 445 g/mol. The van der Waals surface area contributed by atoms with Crippen LogP contribution in [0.3, 0.4) is 0 Å².